The van der Waals surface area contributed by atoms with Crippen LogP contribution in [0.3, 0.4) is 0 Å². The molecule has 1 fully saturated rings. The molecule has 1 aliphatic heterocycles. The molecule has 0 spiro atoms. The van der Waals surface area contributed by atoms with E-state index in [1.54, 1.807) is 17.1 Å². The van der Waals surface area contributed by atoms with Crippen LogP contribution in [0.5, 0.6) is 0 Å². The molecule has 3 rings (SSSR count). The Morgan fingerprint density at radius 3 is 2.91 bits per heavy atom. The van der Waals surface area contributed by atoms with Gasteiger partial charge in [-0.15, -0.1) is 0 Å². The summed E-state index contributed by atoms with van der Waals surface area (Å²) in [5.74, 6) is 1.03. The Bertz CT molecular complexity index is 632. The van der Waals surface area contributed by atoms with E-state index in [9.17, 15) is 4.79 Å². The van der Waals surface area contributed by atoms with Crippen molar-refractivity contribution < 1.29 is 4.79 Å². The van der Waals surface area contributed by atoms with Gasteiger partial charge in [0.25, 0.3) is 0 Å². The van der Waals surface area contributed by atoms with Crippen molar-refractivity contribution in [3.05, 3.63) is 30.4 Å². The molecule has 7 heteroatoms. The highest BCUT2D eigenvalue weighted by atomic mass is 16.1. The van der Waals surface area contributed by atoms with E-state index in [-0.39, 0.29) is 0 Å². The van der Waals surface area contributed by atoms with E-state index in [0.29, 0.717) is 18.4 Å². The fraction of sp³-hybridized carbons (Fsp3) is 0.467. The fourth-order valence-corrected chi connectivity index (χ4v) is 2.79. The summed E-state index contributed by atoms with van der Waals surface area (Å²) >= 11 is 0. The van der Waals surface area contributed by atoms with Crippen LogP contribution in [-0.2, 0) is 11.8 Å². The quantitative estimate of drug-likeness (QED) is 0.840. The van der Waals surface area contributed by atoms with Gasteiger partial charge in [0, 0.05) is 31.1 Å². The molecule has 2 aromatic rings. The van der Waals surface area contributed by atoms with Gasteiger partial charge in [-0.1, -0.05) is 0 Å². The van der Waals surface area contributed by atoms with Crippen LogP contribution in [0, 0.1) is 0 Å². The van der Waals surface area contributed by atoms with Gasteiger partial charge < -0.3 is 10.1 Å². The molecule has 0 atom stereocenters. The number of aryl methyl sites for hydroxylation is 1. The van der Waals surface area contributed by atoms with Gasteiger partial charge >= 0.3 is 0 Å². The average molecular weight is 300 g/mol. The van der Waals surface area contributed by atoms with Crippen molar-refractivity contribution in [2.24, 2.45) is 7.05 Å². The van der Waals surface area contributed by atoms with Crippen molar-refractivity contribution in [1.29, 1.82) is 0 Å². The SMILES string of the molecule is Cn1cc(Nc2nccc(C3CCN(CC=O)CC3)n2)cn1. The molecule has 1 saturated heterocycles. The number of aldehydes is 1. The number of hydrogen-bond acceptors (Lipinski definition) is 6. The van der Waals surface area contributed by atoms with Crippen molar-refractivity contribution in [3.8, 4) is 0 Å². The number of piperidine rings is 1. The maximum Gasteiger partial charge on any atom is 0.227 e. The lowest BCUT2D eigenvalue weighted by Gasteiger charge is -2.30. The summed E-state index contributed by atoms with van der Waals surface area (Å²) in [6.45, 7) is 2.42. The minimum Gasteiger partial charge on any atom is -0.321 e. The third kappa shape index (κ3) is 3.48. The Labute approximate surface area is 129 Å². The van der Waals surface area contributed by atoms with Crippen molar-refractivity contribution in [2.45, 2.75) is 18.8 Å². The summed E-state index contributed by atoms with van der Waals surface area (Å²) in [4.78, 5) is 21.6. The summed E-state index contributed by atoms with van der Waals surface area (Å²) in [7, 11) is 1.87. The second kappa shape index (κ2) is 6.65. The number of nitrogens with one attached hydrogen (secondary N) is 1. The van der Waals surface area contributed by atoms with Crippen LogP contribution >= 0.6 is 0 Å². The molecule has 7 nitrogen and oxygen atoms in total. The van der Waals surface area contributed by atoms with Gasteiger partial charge in [-0.3, -0.25) is 9.58 Å². The molecule has 22 heavy (non-hydrogen) atoms. The van der Waals surface area contributed by atoms with Crippen LogP contribution in [0.2, 0.25) is 0 Å². The molecule has 1 N–H and O–H groups in total. The molecular weight excluding hydrogens is 280 g/mol. The second-order valence-corrected chi connectivity index (χ2v) is 5.57. The smallest absolute Gasteiger partial charge is 0.227 e. The van der Waals surface area contributed by atoms with E-state index in [4.69, 9.17) is 0 Å². The first-order valence-corrected chi connectivity index (χ1v) is 7.49. The number of hydrogen-bond donors (Lipinski definition) is 1. The molecule has 0 saturated carbocycles. The van der Waals surface area contributed by atoms with Gasteiger partial charge in [-0.25, -0.2) is 9.97 Å². The third-order valence-electron chi connectivity index (χ3n) is 3.98. The van der Waals surface area contributed by atoms with E-state index in [1.165, 1.54) is 0 Å². The van der Waals surface area contributed by atoms with Gasteiger partial charge in [0.1, 0.15) is 6.29 Å². The molecule has 0 aromatic carbocycles. The minimum absolute atomic E-state index is 0.431. The average Bonchev–Trinajstić information content (AvgIpc) is 2.94. The number of anilines is 2. The van der Waals surface area contributed by atoms with E-state index >= 15 is 0 Å². The molecule has 2 aromatic heterocycles. The van der Waals surface area contributed by atoms with Gasteiger partial charge in [-0.2, -0.15) is 5.10 Å². The van der Waals surface area contributed by atoms with Crippen LogP contribution in [-0.4, -0.2) is 50.6 Å². The van der Waals surface area contributed by atoms with Crippen LogP contribution in [0.15, 0.2) is 24.7 Å². The maximum absolute atomic E-state index is 10.6. The molecule has 0 unspecified atom stereocenters. The van der Waals surface area contributed by atoms with E-state index < -0.39 is 0 Å². The van der Waals surface area contributed by atoms with Gasteiger partial charge in [-0.05, 0) is 32.0 Å². The number of likely N-dealkylation sites (tertiary alicyclic amines) is 1. The van der Waals surface area contributed by atoms with E-state index in [0.717, 1.165) is 43.6 Å². The number of nitrogens with zero attached hydrogens (tertiary/aromatic N) is 5. The van der Waals surface area contributed by atoms with Crippen molar-refractivity contribution >= 4 is 17.9 Å². The van der Waals surface area contributed by atoms with Gasteiger partial charge in [0.15, 0.2) is 0 Å². The molecule has 0 amide bonds. The Balaban J connectivity index is 1.65. The van der Waals surface area contributed by atoms with E-state index in [2.05, 4.69) is 25.3 Å². The first-order valence-electron chi connectivity index (χ1n) is 7.49. The first kappa shape index (κ1) is 14.6. The number of carbonyl (C=O) groups excluding carboxylic acids is 1. The lowest BCUT2D eigenvalue weighted by molar-refractivity contribution is -0.109. The number of carbonyl (C=O) groups is 1. The van der Waals surface area contributed by atoms with Crippen LogP contribution in [0.1, 0.15) is 24.5 Å². The molecular formula is C15H20N6O. The third-order valence-corrected chi connectivity index (χ3v) is 3.98. The number of rotatable bonds is 5. The molecule has 1 aliphatic rings. The topological polar surface area (TPSA) is 75.9 Å². The molecule has 0 bridgehead atoms. The highest BCUT2D eigenvalue weighted by Crippen LogP contribution is 2.27. The molecule has 3 heterocycles. The zero-order chi connectivity index (χ0) is 15.4. The summed E-state index contributed by atoms with van der Waals surface area (Å²) < 4.78 is 1.73. The van der Waals surface area contributed by atoms with Crippen LogP contribution < -0.4 is 5.32 Å². The summed E-state index contributed by atoms with van der Waals surface area (Å²) in [5, 5.41) is 7.29. The zero-order valence-electron chi connectivity index (χ0n) is 12.6. The van der Waals surface area contributed by atoms with E-state index in [1.807, 2.05) is 19.3 Å². The van der Waals surface area contributed by atoms with Crippen LogP contribution in [0.25, 0.3) is 0 Å². The molecule has 0 aliphatic carbocycles. The van der Waals surface area contributed by atoms with Crippen LogP contribution in [0.4, 0.5) is 11.6 Å². The van der Waals surface area contributed by atoms with Gasteiger partial charge in [0.05, 0.1) is 18.4 Å². The number of aromatic nitrogens is 4. The zero-order valence-corrected chi connectivity index (χ0v) is 12.6. The minimum atomic E-state index is 0.431. The predicted molar refractivity (Wildman–Crippen MR) is 83.0 cm³/mol. The standard InChI is InChI=1S/C15H20N6O/c1-20-11-13(10-17-20)18-15-16-5-2-14(19-15)12-3-6-21(7-4-12)8-9-22/h2,5,9-12H,3-4,6-8H2,1H3,(H,16,18,19). The first-order chi connectivity index (χ1) is 10.7. The largest absolute Gasteiger partial charge is 0.321 e. The summed E-state index contributed by atoms with van der Waals surface area (Å²) in [6.07, 6.45) is 8.44. The molecule has 116 valence electrons. The fourth-order valence-electron chi connectivity index (χ4n) is 2.79. The lowest BCUT2D eigenvalue weighted by Crippen LogP contribution is -2.34. The predicted octanol–water partition coefficient (Wildman–Crippen LogP) is 1.33. The Hall–Kier alpha value is -2.28. The Kier molecular flexibility index (Phi) is 4.43. The molecule has 0 radical (unpaired) electrons. The summed E-state index contributed by atoms with van der Waals surface area (Å²) in [5.41, 5.74) is 1.94. The lowest BCUT2D eigenvalue weighted by atomic mass is 9.93. The monoisotopic (exact) mass is 300 g/mol. The van der Waals surface area contributed by atoms with Crippen molar-refractivity contribution in [2.75, 3.05) is 25.0 Å². The highest BCUT2D eigenvalue weighted by Gasteiger charge is 2.21. The Morgan fingerprint density at radius 2 is 2.23 bits per heavy atom. The maximum atomic E-state index is 10.6. The van der Waals surface area contributed by atoms with Crippen molar-refractivity contribution in [1.82, 2.24) is 24.6 Å². The second-order valence-electron chi connectivity index (χ2n) is 5.57. The normalized spacial score (nSPS) is 16.6. The van der Waals surface area contributed by atoms with Gasteiger partial charge in [0.2, 0.25) is 5.95 Å². The Morgan fingerprint density at radius 1 is 1.41 bits per heavy atom. The highest BCUT2D eigenvalue weighted by molar-refractivity contribution is 5.52. The summed E-state index contributed by atoms with van der Waals surface area (Å²) in [6, 6.07) is 1.98. The van der Waals surface area contributed by atoms with Crippen molar-refractivity contribution in [3.63, 3.8) is 0 Å².